The van der Waals surface area contributed by atoms with Crippen LogP contribution in [0.15, 0.2) is 52.3 Å². The first-order valence-corrected chi connectivity index (χ1v) is 9.95. The van der Waals surface area contributed by atoms with Crippen molar-refractivity contribution in [2.75, 3.05) is 25.9 Å². The number of benzene rings is 2. The third-order valence-corrected chi connectivity index (χ3v) is 6.32. The van der Waals surface area contributed by atoms with Gasteiger partial charge in [0.25, 0.3) is 0 Å². The van der Waals surface area contributed by atoms with E-state index >= 15 is 0 Å². The van der Waals surface area contributed by atoms with Gasteiger partial charge in [-0.25, -0.2) is 0 Å². The second-order valence-corrected chi connectivity index (χ2v) is 8.19. The van der Waals surface area contributed by atoms with Crippen LogP contribution in [-0.2, 0) is 0 Å². The van der Waals surface area contributed by atoms with E-state index in [-0.39, 0.29) is 0 Å². The third kappa shape index (κ3) is 4.16. The zero-order chi connectivity index (χ0) is 16.2. The summed E-state index contributed by atoms with van der Waals surface area (Å²) in [5.74, 6) is 1.09. The van der Waals surface area contributed by atoms with E-state index in [0.29, 0.717) is 0 Å². The highest BCUT2D eigenvalue weighted by Gasteiger charge is 2.16. The van der Waals surface area contributed by atoms with E-state index in [1.807, 2.05) is 17.8 Å². The first-order chi connectivity index (χ1) is 11.2. The highest BCUT2D eigenvalue weighted by molar-refractivity contribution is 8.08. The van der Waals surface area contributed by atoms with E-state index in [2.05, 4.69) is 61.3 Å². The number of halogens is 1. The molecule has 0 bridgehead atoms. The molecule has 0 atom stereocenters. The molecule has 3 rings (SSSR count). The molecule has 1 nitrogen and oxygen atoms in total. The summed E-state index contributed by atoms with van der Waals surface area (Å²) in [5.41, 5.74) is 2.58. The molecule has 4 heteroatoms. The second kappa shape index (κ2) is 7.80. The van der Waals surface area contributed by atoms with Crippen molar-refractivity contribution in [3.8, 4) is 0 Å². The van der Waals surface area contributed by atoms with Crippen molar-refractivity contribution in [3.05, 3.63) is 58.6 Å². The molecule has 0 spiro atoms. The molecular formula is C19H20ClNS2. The highest BCUT2D eigenvalue weighted by atomic mass is 35.5. The van der Waals surface area contributed by atoms with Gasteiger partial charge in [-0.1, -0.05) is 54.6 Å². The van der Waals surface area contributed by atoms with Gasteiger partial charge < -0.3 is 4.90 Å². The molecule has 2 aromatic carbocycles. The fraction of sp³-hybridized carbons (Fsp3) is 0.263. The van der Waals surface area contributed by atoms with Crippen LogP contribution >= 0.6 is 35.1 Å². The average molecular weight is 362 g/mol. The maximum atomic E-state index is 6.22. The number of fused-ring (bicyclic) bond motifs is 2. The summed E-state index contributed by atoms with van der Waals surface area (Å²) >= 11 is 9.96. The van der Waals surface area contributed by atoms with Crippen molar-refractivity contribution in [1.29, 1.82) is 0 Å². The molecule has 1 aliphatic heterocycles. The molecule has 0 saturated carbocycles. The Morgan fingerprint density at radius 1 is 1.13 bits per heavy atom. The Morgan fingerprint density at radius 2 is 1.96 bits per heavy atom. The van der Waals surface area contributed by atoms with Crippen LogP contribution in [-0.4, -0.2) is 30.8 Å². The molecule has 23 heavy (non-hydrogen) atoms. The molecule has 120 valence electrons. The maximum absolute atomic E-state index is 6.22. The summed E-state index contributed by atoms with van der Waals surface area (Å²) < 4.78 is 0. The summed E-state index contributed by atoms with van der Waals surface area (Å²) in [6, 6.07) is 14.8. The van der Waals surface area contributed by atoms with Gasteiger partial charge >= 0.3 is 0 Å². The number of hydrogen-bond donors (Lipinski definition) is 0. The van der Waals surface area contributed by atoms with Crippen LogP contribution in [0.3, 0.4) is 0 Å². The molecule has 0 radical (unpaired) electrons. The molecule has 1 aliphatic rings. The van der Waals surface area contributed by atoms with Gasteiger partial charge in [0.2, 0.25) is 0 Å². The topological polar surface area (TPSA) is 3.24 Å². The molecule has 0 N–H and O–H groups in total. The van der Waals surface area contributed by atoms with Crippen molar-refractivity contribution in [1.82, 2.24) is 4.90 Å². The van der Waals surface area contributed by atoms with Gasteiger partial charge in [-0.2, -0.15) is 0 Å². The van der Waals surface area contributed by atoms with Gasteiger partial charge in [-0.3, -0.25) is 0 Å². The van der Waals surface area contributed by atoms with E-state index in [4.69, 9.17) is 11.6 Å². The lowest BCUT2D eigenvalue weighted by Gasteiger charge is -2.15. The van der Waals surface area contributed by atoms with Crippen LogP contribution in [0.4, 0.5) is 0 Å². The van der Waals surface area contributed by atoms with Crippen LogP contribution in [0.2, 0.25) is 5.02 Å². The van der Waals surface area contributed by atoms with E-state index in [1.54, 1.807) is 11.8 Å². The fourth-order valence-electron chi connectivity index (χ4n) is 2.40. The average Bonchev–Trinajstić information content (AvgIpc) is 2.70. The molecule has 0 unspecified atom stereocenters. The number of hydrogen-bond acceptors (Lipinski definition) is 3. The standard InChI is InChI=1S/C19H20ClNS2/c1-3-21(2)10-11-22-18-12-14-6-4-5-7-17(14)23-19-13-15(20)8-9-16(18)19/h4-9,12-13H,3,10-11H2,1-2H3. The van der Waals surface area contributed by atoms with Gasteiger partial charge in [0.15, 0.2) is 0 Å². The highest BCUT2D eigenvalue weighted by Crippen LogP contribution is 2.44. The Kier molecular flexibility index (Phi) is 5.76. The minimum absolute atomic E-state index is 0.797. The lowest BCUT2D eigenvalue weighted by atomic mass is 10.1. The lowest BCUT2D eigenvalue weighted by Crippen LogP contribution is -2.20. The van der Waals surface area contributed by atoms with Gasteiger partial charge in [-0.05, 0) is 43.4 Å². The van der Waals surface area contributed by atoms with Crippen molar-refractivity contribution in [2.24, 2.45) is 0 Å². The first-order valence-electron chi connectivity index (χ1n) is 7.77. The molecule has 0 fully saturated rings. The van der Waals surface area contributed by atoms with Crippen molar-refractivity contribution in [2.45, 2.75) is 16.7 Å². The van der Waals surface area contributed by atoms with Gasteiger partial charge in [-0.15, -0.1) is 11.8 Å². The Labute approximate surface area is 152 Å². The fourth-order valence-corrected chi connectivity index (χ4v) is 4.97. The second-order valence-electron chi connectivity index (χ2n) is 5.53. The summed E-state index contributed by atoms with van der Waals surface area (Å²) in [4.78, 5) is 6.20. The quantitative estimate of drug-likeness (QED) is 0.644. The van der Waals surface area contributed by atoms with Crippen molar-refractivity contribution >= 4 is 46.1 Å². The van der Waals surface area contributed by atoms with Gasteiger partial charge in [0, 0.05) is 37.6 Å². The molecule has 1 heterocycles. The lowest BCUT2D eigenvalue weighted by molar-refractivity contribution is 0.377. The Bertz CT molecular complexity index is 727. The zero-order valence-corrected chi connectivity index (χ0v) is 15.8. The minimum Gasteiger partial charge on any atom is -0.306 e. The smallest absolute Gasteiger partial charge is 0.0417 e. The zero-order valence-electron chi connectivity index (χ0n) is 13.4. The number of thioether (sulfide) groups is 1. The van der Waals surface area contributed by atoms with Crippen LogP contribution in [0.5, 0.6) is 0 Å². The Morgan fingerprint density at radius 3 is 2.78 bits per heavy atom. The summed E-state index contributed by atoms with van der Waals surface area (Å²) in [7, 11) is 2.17. The normalized spacial score (nSPS) is 13.3. The largest absolute Gasteiger partial charge is 0.306 e. The predicted molar refractivity (Wildman–Crippen MR) is 106 cm³/mol. The molecule has 0 amide bonds. The van der Waals surface area contributed by atoms with E-state index in [9.17, 15) is 0 Å². The predicted octanol–water partition coefficient (Wildman–Crippen LogP) is 5.99. The molecule has 0 aliphatic carbocycles. The van der Waals surface area contributed by atoms with Crippen molar-refractivity contribution < 1.29 is 0 Å². The molecule has 0 aromatic heterocycles. The monoisotopic (exact) mass is 361 g/mol. The van der Waals surface area contributed by atoms with Crippen LogP contribution < -0.4 is 0 Å². The molecular weight excluding hydrogens is 342 g/mol. The van der Waals surface area contributed by atoms with Gasteiger partial charge in [0.1, 0.15) is 0 Å². The third-order valence-electron chi connectivity index (χ3n) is 3.91. The Hall–Kier alpha value is -0.870. The summed E-state index contributed by atoms with van der Waals surface area (Å²) in [6.07, 6.45) is 2.32. The van der Waals surface area contributed by atoms with E-state index in [1.165, 1.54) is 25.8 Å². The summed E-state index contributed by atoms with van der Waals surface area (Å²) in [5, 5.41) is 0.797. The van der Waals surface area contributed by atoms with E-state index in [0.717, 1.165) is 23.9 Å². The van der Waals surface area contributed by atoms with E-state index < -0.39 is 0 Å². The molecule has 2 aromatic rings. The number of nitrogens with zero attached hydrogens (tertiary/aromatic N) is 1. The SMILES string of the molecule is CCN(C)CCSC1=Cc2ccccc2Sc2cc(Cl)ccc21. The van der Waals surface area contributed by atoms with Crippen LogP contribution in [0, 0.1) is 0 Å². The molecule has 0 saturated heterocycles. The number of rotatable bonds is 5. The first kappa shape index (κ1) is 17.0. The summed E-state index contributed by atoms with van der Waals surface area (Å²) in [6.45, 7) is 4.38. The van der Waals surface area contributed by atoms with Crippen molar-refractivity contribution in [3.63, 3.8) is 0 Å². The maximum Gasteiger partial charge on any atom is 0.0417 e. The minimum atomic E-state index is 0.797. The van der Waals surface area contributed by atoms with Gasteiger partial charge in [0.05, 0.1) is 0 Å². The van der Waals surface area contributed by atoms with Crippen LogP contribution in [0.25, 0.3) is 11.0 Å². The van der Waals surface area contributed by atoms with Crippen LogP contribution in [0.1, 0.15) is 18.1 Å². The Balaban J connectivity index is 1.93.